The molecule has 5 rings (SSSR count). The van der Waals surface area contributed by atoms with Crippen molar-refractivity contribution in [2.24, 2.45) is 0 Å². The van der Waals surface area contributed by atoms with Crippen LogP contribution >= 0.6 is 0 Å². The van der Waals surface area contributed by atoms with Crippen molar-refractivity contribution in [3.05, 3.63) is 91.1 Å². The molecule has 0 aliphatic rings. The summed E-state index contributed by atoms with van der Waals surface area (Å²) >= 11 is 0. The van der Waals surface area contributed by atoms with Gasteiger partial charge in [-0.05, 0) is 61.7 Å². The average molecular weight is 527 g/mol. The number of hydrogen-bond acceptors (Lipinski definition) is 3. The quantitative estimate of drug-likeness (QED) is 0.117. The van der Waals surface area contributed by atoms with E-state index in [2.05, 4.69) is 102 Å². The molecular weight excluding hydrogens is 501 g/mol. The Morgan fingerprint density at radius 3 is 2.22 bits per heavy atom. The average Bonchev–Trinajstić information content (AvgIpc) is 3.14. The predicted molar refractivity (Wildman–Crippen MR) is 139 cm³/mol. The van der Waals surface area contributed by atoms with E-state index in [0.29, 0.717) is 0 Å². The first-order chi connectivity index (χ1) is 17.4. The summed E-state index contributed by atoms with van der Waals surface area (Å²) in [6.07, 6.45) is 4.23. The maximum absolute atomic E-state index is 10.7. The van der Waals surface area contributed by atoms with Crippen LogP contribution in [-0.4, -0.2) is 23.0 Å². The normalized spacial score (nSPS) is 12.1. The van der Waals surface area contributed by atoms with E-state index < -0.39 is 15.6 Å². The monoisotopic (exact) mass is 526 g/mol. The number of benzene rings is 3. The minimum atomic E-state index is -6.09. The number of alkyl halides is 3. The summed E-state index contributed by atoms with van der Waals surface area (Å²) < 4.78 is 63.6. The third kappa shape index (κ3) is 5.23. The van der Waals surface area contributed by atoms with Gasteiger partial charge in [-0.2, -0.15) is 17.7 Å². The largest absolute Gasteiger partial charge is 0.741 e. The van der Waals surface area contributed by atoms with Crippen molar-refractivity contribution < 1.29 is 30.7 Å². The summed E-state index contributed by atoms with van der Waals surface area (Å²) in [5, 5.41) is 5.20. The lowest BCUT2D eigenvalue weighted by molar-refractivity contribution is -0.674. The van der Waals surface area contributed by atoms with Crippen LogP contribution in [-0.2, 0) is 23.2 Å². The minimum absolute atomic E-state index is 0.786. The van der Waals surface area contributed by atoms with Gasteiger partial charge in [-0.25, -0.2) is 8.42 Å². The van der Waals surface area contributed by atoms with Gasteiger partial charge in [0.15, 0.2) is 22.9 Å². The van der Waals surface area contributed by atoms with Gasteiger partial charge >= 0.3 is 5.51 Å². The molecule has 0 fully saturated rings. The van der Waals surface area contributed by atoms with Crippen LogP contribution in [0.1, 0.15) is 12.5 Å². The number of allylic oxidation sites excluding steroid dienone is 1. The maximum atomic E-state index is 10.7. The summed E-state index contributed by atoms with van der Waals surface area (Å²) in [4.78, 5) is 0. The highest BCUT2D eigenvalue weighted by Gasteiger charge is 2.36. The number of aryl methyl sites for hydroxylation is 2. The lowest BCUT2D eigenvalue weighted by atomic mass is 10.0. The van der Waals surface area contributed by atoms with Crippen LogP contribution in [0, 0.1) is 6.92 Å². The minimum Gasteiger partial charge on any atom is -0.741 e. The van der Waals surface area contributed by atoms with Gasteiger partial charge in [0.05, 0.1) is 0 Å². The van der Waals surface area contributed by atoms with Gasteiger partial charge in [-0.15, -0.1) is 0 Å². The van der Waals surface area contributed by atoms with E-state index in [9.17, 15) is 13.2 Å². The van der Waals surface area contributed by atoms with Crippen LogP contribution in [0.2, 0.25) is 0 Å². The van der Waals surface area contributed by atoms with Gasteiger partial charge in [0, 0.05) is 45.4 Å². The van der Waals surface area contributed by atoms with Crippen LogP contribution < -0.4 is 4.57 Å². The molecule has 37 heavy (non-hydrogen) atoms. The molecule has 0 unspecified atom stereocenters. The number of fused-ring (bicyclic) bond motifs is 4. The number of rotatable bonds is 4. The molecule has 0 radical (unpaired) electrons. The molecule has 0 atom stereocenters. The third-order valence-corrected chi connectivity index (χ3v) is 6.68. The molecule has 0 saturated heterocycles. The smallest absolute Gasteiger partial charge is 0.485 e. The Bertz CT molecular complexity index is 1730. The second kappa shape index (κ2) is 9.99. The van der Waals surface area contributed by atoms with E-state index in [1.165, 1.54) is 49.4 Å². The standard InChI is InChI=1S/C27H25N2.CHF3O3S/c1-4-13-28-18-22-15-24-23-14-19(3)11-12-25(23)29(5-2)27(24)17-21(22)16-26(28)20-9-7-6-8-10-20;2-1(3,4)8(5,6)7/h4,6-12,14-18H,1,5,13H2,2-3H3;(H,5,6,7)/q+1;/p-1. The maximum Gasteiger partial charge on any atom is 0.485 e. The SMILES string of the molecule is C=CC[n+]1cc2cc3c4cc(C)ccc4n(CC)c3cc2cc1-c1ccccc1.O=S(=O)([O-])C(F)(F)F. The second-order valence-corrected chi connectivity index (χ2v) is 10.00. The molecule has 0 aliphatic heterocycles. The van der Waals surface area contributed by atoms with Gasteiger partial charge in [0.2, 0.25) is 5.69 Å². The number of halogens is 3. The first-order valence-corrected chi connectivity index (χ1v) is 12.9. The molecule has 5 aromatic rings. The topological polar surface area (TPSA) is 66.0 Å². The number of aromatic nitrogens is 2. The van der Waals surface area contributed by atoms with Crippen molar-refractivity contribution in [2.75, 3.05) is 0 Å². The van der Waals surface area contributed by atoms with Gasteiger partial charge in [0.1, 0.15) is 0 Å². The molecule has 0 bridgehead atoms. The molecule has 5 nitrogen and oxygen atoms in total. The molecule has 0 amide bonds. The van der Waals surface area contributed by atoms with E-state index in [1.54, 1.807) is 0 Å². The summed E-state index contributed by atoms with van der Waals surface area (Å²) in [6, 6.07) is 24.4. The molecule has 0 saturated carbocycles. The number of pyridine rings is 1. The fraction of sp³-hybridized carbons (Fsp3) is 0.179. The lowest BCUT2D eigenvalue weighted by Crippen LogP contribution is -2.35. The van der Waals surface area contributed by atoms with Crippen molar-refractivity contribution in [3.63, 3.8) is 0 Å². The third-order valence-electron chi connectivity index (χ3n) is 6.12. The van der Waals surface area contributed by atoms with Crippen LogP contribution in [0.4, 0.5) is 13.2 Å². The molecule has 2 aromatic heterocycles. The van der Waals surface area contributed by atoms with Crippen LogP contribution in [0.5, 0.6) is 0 Å². The number of nitrogens with zero attached hydrogens (tertiary/aromatic N) is 2. The van der Waals surface area contributed by atoms with Crippen molar-refractivity contribution in [3.8, 4) is 11.3 Å². The summed E-state index contributed by atoms with van der Waals surface area (Å²) in [7, 11) is -6.09. The van der Waals surface area contributed by atoms with Gasteiger partial charge < -0.3 is 9.12 Å². The zero-order chi connectivity index (χ0) is 27.0. The van der Waals surface area contributed by atoms with Crippen LogP contribution in [0.25, 0.3) is 43.8 Å². The van der Waals surface area contributed by atoms with Crippen LogP contribution in [0.3, 0.4) is 0 Å². The van der Waals surface area contributed by atoms with Crippen molar-refractivity contribution in [2.45, 2.75) is 32.4 Å². The highest BCUT2D eigenvalue weighted by Crippen LogP contribution is 2.33. The molecule has 9 heteroatoms. The van der Waals surface area contributed by atoms with Gasteiger partial charge in [-0.3, -0.25) is 0 Å². The molecule has 0 N–H and O–H groups in total. The van der Waals surface area contributed by atoms with Gasteiger partial charge in [-0.1, -0.05) is 36.4 Å². The van der Waals surface area contributed by atoms with Crippen molar-refractivity contribution >= 4 is 42.7 Å². The Kier molecular flexibility index (Phi) is 7.12. The lowest BCUT2D eigenvalue weighted by Gasteiger charge is -2.08. The van der Waals surface area contributed by atoms with Crippen LogP contribution in [0.15, 0.2) is 85.6 Å². The zero-order valence-corrected chi connectivity index (χ0v) is 21.1. The van der Waals surface area contributed by atoms with E-state index in [0.717, 1.165) is 13.1 Å². The summed E-state index contributed by atoms with van der Waals surface area (Å²) in [5.41, 5.74) is 0.712. The van der Waals surface area contributed by atoms with E-state index in [-0.39, 0.29) is 0 Å². The Morgan fingerprint density at radius 2 is 1.62 bits per heavy atom. The summed E-state index contributed by atoms with van der Waals surface area (Å²) in [6.45, 7) is 10.1. The van der Waals surface area contributed by atoms with E-state index >= 15 is 0 Å². The van der Waals surface area contributed by atoms with Gasteiger partial charge in [0.25, 0.3) is 0 Å². The Balaban J connectivity index is 0.000000349. The molecule has 0 aliphatic carbocycles. The second-order valence-electron chi connectivity index (χ2n) is 8.63. The van der Waals surface area contributed by atoms with Crippen molar-refractivity contribution in [1.82, 2.24) is 4.57 Å². The predicted octanol–water partition coefficient (Wildman–Crippen LogP) is 6.47. The zero-order valence-electron chi connectivity index (χ0n) is 20.3. The highest BCUT2D eigenvalue weighted by molar-refractivity contribution is 7.86. The first kappa shape index (κ1) is 26.4. The Hall–Kier alpha value is -3.69. The number of hydrogen-bond donors (Lipinski definition) is 0. The molecule has 3 aromatic carbocycles. The molecule has 2 heterocycles. The Morgan fingerprint density at radius 1 is 0.973 bits per heavy atom. The first-order valence-electron chi connectivity index (χ1n) is 11.5. The summed E-state index contributed by atoms with van der Waals surface area (Å²) in [5.74, 6) is 0. The molecular formula is C28H25F3N2O3S. The fourth-order valence-electron chi connectivity index (χ4n) is 4.48. The van der Waals surface area contributed by atoms with Crippen molar-refractivity contribution in [1.29, 1.82) is 0 Å². The molecule has 0 spiro atoms. The highest BCUT2D eigenvalue weighted by atomic mass is 32.2. The Labute approximate surface area is 212 Å². The fourth-order valence-corrected chi connectivity index (χ4v) is 4.48. The van der Waals surface area contributed by atoms with E-state index in [1.807, 2.05) is 6.08 Å². The van der Waals surface area contributed by atoms with E-state index in [4.69, 9.17) is 13.0 Å². The molecule has 192 valence electrons.